The van der Waals surface area contributed by atoms with Crippen LogP contribution in [0.15, 0.2) is 40.9 Å². The summed E-state index contributed by atoms with van der Waals surface area (Å²) in [6, 6.07) is 9.43. The lowest BCUT2D eigenvalue weighted by atomic mass is 10.0. The minimum absolute atomic E-state index is 0.201. The lowest BCUT2D eigenvalue weighted by Gasteiger charge is -2.13. The van der Waals surface area contributed by atoms with Crippen LogP contribution in [0.3, 0.4) is 0 Å². The Kier molecular flexibility index (Phi) is 4.85. The van der Waals surface area contributed by atoms with Gasteiger partial charge in [0.1, 0.15) is 5.82 Å². The van der Waals surface area contributed by atoms with E-state index in [9.17, 15) is 9.50 Å². The van der Waals surface area contributed by atoms with Crippen molar-refractivity contribution in [2.24, 2.45) is 0 Å². The van der Waals surface area contributed by atoms with Gasteiger partial charge in [0, 0.05) is 26.5 Å². The molecule has 0 aliphatic rings. The third-order valence-corrected chi connectivity index (χ3v) is 3.84. The molecule has 2 aromatic rings. The highest BCUT2D eigenvalue weighted by Gasteiger charge is 2.15. The number of benzene rings is 2. The summed E-state index contributed by atoms with van der Waals surface area (Å²) in [7, 11) is 0. The van der Waals surface area contributed by atoms with Crippen LogP contribution in [-0.4, -0.2) is 5.11 Å². The molecule has 1 N–H and O–H groups in total. The quantitative estimate of drug-likeness (QED) is 0.797. The Morgan fingerprint density at radius 1 is 1.16 bits per heavy atom. The smallest absolute Gasteiger partial charge is 0.129 e. The Labute approximate surface area is 129 Å². The summed E-state index contributed by atoms with van der Waals surface area (Å²) >= 11 is 15.2. The zero-order chi connectivity index (χ0) is 14.0. The predicted octanol–water partition coefficient (Wildman–Crippen LogP) is 5.17. The van der Waals surface area contributed by atoms with Gasteiger partial charge in [0.05, 0.1) is 6.10 Å². The molecule has 5 heteroatoms. The van der Waals surface area contributed by atoms with E-state index in [1.165, 1.54) is 6.07 Å². The number of aliphatic hydroxyl groups is 1. The predicted molar refractivity (Wildman–Crippen MR) is 79.2 cm³/mol. The van der Waals surface area contributed by atoms with Crippen LogP contribution in [0.2, 0.25) is 10.0 Å². The molecule has 100 valence electrons. The van der Waals surface area contributed by atoms with E-state index in [1.807, 2.05) is 0 Å². The third kappa shape index (κ3) is 3.69. The van der Waals surface area contributed by atoms with Crippen LogP contribution < -0.4 is 0 Å². The summed E-state index contributed by atoms with van der Waals surface area (Å²) in [5.41, 5.74) is 0.909. The third-order valence-electron chi connectivity index (χ3n) is 2.74. The molecule has 0 heterocycles. The number of hydrogen-bond donors (Lipinski definition) is 1. The number of aliphatic hydroxyl groups excluding tert-OH is 1. The average molecular weight is 364 g/mol. The maximum atomic E-state index is 13.7. The van der Waals surface area contributed by atoms with Gasteiger partial charge in [-0.1, -0.05) is 39.1 Å². The Bertz CT molecular complexity index is 604. The molecule has 0 aliphatic heterocycles. The van der Waals surface area contributed by atoms with Crippen molar-refractivity contribution in [3.8, 4) is 0 Å². The second-order valence-corrected chi connectivity index (χ2v) is 5.88. The molecule has 0 aliphatic carbocycles. The molecule has 0 bridgehead atoms. The van der Waals surface area contributed by atoms with E-state index in [1.54, 1.807) is 30.3 Å². The van der Waals surface area contributed by atoms with Gasteiger partial charge in [-0.05, 0) is 42.0 Å². The van der Waals surface area contributed by atoms with E-state index in [2.05, 4.69) is 15.9 Å². The van der Waals surface area contributed by atoms with E-state index in [4.69, 9.17) is 23.2 Å². The Morgan fingerprint density at radius 3 is 2.63 bits per heavy atom. The molecule has 1 atom stereocenters. The van der Waals surface area contributed by atoms with Crippen LogP contribution in [0.1, 0.15) is 17.2 Å². The van der Waals surface area contributed by atoms with Gasteiger partial charge in [0.2, 0.25) is 0 Å². The first-order valence-electron chi connectivity index (χ1n) is 5.54. The summed E-state index contributed by atoms with van der Waals surface area (Å²) in [6.45, 7) is 0. The minimum atomic E-state index is -0.978. The van der Waals surface area contributed by atoms with Crippen LogP contribution in [-0.2, 0) is 6.42 Å². The normalized spacial score (nSPS) is 12.5. The fourth-order valence-corrected chi connectivity index (χ4v) is 2.56. The Morgan fingerprint density at radius 2 is 1.89 bits per heavy atom. The number of rotatable bonds is 3. The minimum Gasteiger partial charge on any atom is -0.388 e. The van der Waals surface area contributed by atoms with Gasteiger partial charge in [-0.25, -0.2) is 4.39 Å². The Balaban J connectivity index is 2.27. The second kappa shape index (κ2) is 6.23. The molecule has 0 spiro atoms. The molecule has 0 saturated carbocycles. The van der Waals surface area contributed by atoms with Gasteiger partial charge in [-0.3, -0.25) is 0 Å². The number of halogens is 4. The van der Waals surface area contributed by atoms with Gasteiger partial charge in [-0.2, -0.15) is 0 Å². The van der Waals surface area contributed by atoms with Crippen molar-refractivity contribution in [1.82, 2.24) is 0 Å². The first kappa shape index (κ1) is 14.8. The van der Waals surface area contributed by atoms with Crippen LogP contribution in [0.5, 0.6) is 0 Å². The zero-order valence-corrected chi connectivity index (χ0v) is 12.8. The summed E-state index contributed by atoms with van der Waals surface area (Å²) in [6.07, 6.45) is -0.777. The molecule has 2 rings (SSSR count). The monoisotopic (exact) mass is 362 g/mol. The summed E-state index contributed by atoms with van der Waals surface area (Å²) in [5.74, 6) is -0.450. The zero-order valence-electron chi connectivity index (χ0n) is 9.71. The van der Waals surface area contributed by atoms with Crippen molar-refractivity contribution < 1.29 is 9.50 Å². The molecule has 0 saturated heterocycles. The molecule has 2 aromatic carbocycles. The molecule has 19 heavy (non-hydrogen) atoms. The fraction of sp³-hybridized carbons (Fsp3) is 0.143. The van der Waals surface area contributed by atoms with E-state index in [0.717, 1.165) is 0 Å². The first-order valence-corrected chi connectivity index (χ1v) is 7.09. The van der Waals surface area contributed by atoms with Gasteiger partial charge in [0.25, 0.3) is 0 Å². The molecule has 1 nitrogen and oxygen atoms in total. The second-order valence-electron chi connectivity index (χ2n) is 4.12. The molecule has 1 unspecified atom stereocenters. The fourth-order valence-electron chi connectivity index (χ4n) is 1.79. The standard InChI is InChI=1S/C14H10BrCl2FO/c15-9-1-4-13(18)11(7-9)14(19)6-8-5-10(16)2-3-12(8)17/h1-5,7,14,19H,6H2. The van der Waals surface area contributed by atoms with Crippen LogP contribution in [0, 0.1) is 5.82 Å². The van der Waals surface area contributed by atoms with Crippen LogP contribution in [0.25, 0.3) is 0 Å². The van der Waals surface area contributed by atoms with Crippen molar-refractivity contribution in [2.75, 3.05) is 0 Å². The highest BCUT2D eigenvalue weighted by molar-refractivity contribution is 9.10. The summed E-state index contributed by atoms with van der Waals surface area (Å²) in [4.78, 5) is 0. The molecule has 0 aromatic heterocycles. The van der Waals surface area contributed by atoms with Crippen LogP contribution >= 0.6 is 39.1 Å². The van der Waals surface area contributed by atoms with Crippen molar-refractivity contribution in [1.29, 1.82) is 0 Å². The SMILES string of the molecule is OC(Cc1cc(Cl)ccc1Cl)c1cc(Br)ccc1F. The van der Waals surface area contributed by atoms with E-state index in [-0.39, 0.29) is 12.0 Å². The lowest BCUT2D eigenvalue weighted by molar-refractivity contribution is 0.173. The van der Waals surface area contributed by atoms with E-state index in [0.29, 0.717) is 20.1 Å². The van der Waals surface area contributed by atoms with Crippen molar-refractivity contribution in [3.05, 3.63) is 67.9 Å². The molecule has 0 radical (unpaired) electrons. The average Bonchev–Trinajstić information content (AvgIpc) is 2.36. The topological polar surface area (TPSA) is 20.2 Å². The maximum Gasteiger partial charge on any atom is 0.129 e. The largest absolute Gasteiger partial charge is 0.388 e. The van der Waals surface area contributed by atoms with Gasteiger partial charge in [-0.15, -0.1) is 0 Å². The summed E-state index contributed by atoms with van der Waals surface area (Å²) < 4.78 is 14.4. The van der Waals surface area contributed by atoms with Crippen molar-refractivity contribution in [2.45, 2.75) is 12.5 Å². The van der Waals surface area contributed by atoms with E-state index >= 15 is 0 Å². The molecule has 0 fully saturated rings. The summed E-state index contributed by atoms with van der Waals surface area (Å²) in [5, 5.41) is 11.2. The molecular formula is C14H10BrCl2FO. The first-order chi connectivity index (χ1) is 8.97. The molecule has 0 amide bonds. The Hall–Kier alpha value is -0.610. The highest BCUT2D eigenvalue weighted by atomic mass is 79.9. The van der Waals surface area contributed by atoms with Gasteiger partial charge in [0.15, 0.2) is 0 Å². The van der Waals surface area contributed by atoms with Crippen molar-refractivity contribution >= 4 is 39.1 Å². The molecular weight excluding hydrogens is 354 g/mol. The van der Waals surface area contributed by atoms with E-state index < -0.39 is 11.9 Å². The number of hydrogen-bond acceptors (Lipinski definition) is 1. The van der Waals surface area contributed by atoms with Gasteiger partial charge < -0.3 is 5.11 Å². The highest BCUT2D eigenvalue weighted by Crippen LogP contribution is 2.28. The van der Waals surface area contributed by atoms with Crippen molar-refractivity contribution in [3.63, 3.8) is 0 Å². The maximum absolute atomic E-state index is 13.7. The van der Waals surface area contributed by atoms with Crippen LogP contribution in [0.4, 0.5) is 4.39 Å². The lowest BCUT2D eigenvalue weighted by Crippen LogP contribution is -2.05. The van der Waals surface area contributed by atoms with Gasteiger partial charge >= 0.3 is 0 Å².